The molecule has 1 rings (SSSR count). The third-order valence-electron chi connectivity index (χ3n) is 2.19. The van der Waals surface area contributed by atoms with Crippen LogP contribution in [-0.2, 0) is 11.2 Å². The minimum absolute atomic E-state index is 0.0856. The Morgan fingerprint density at radius 2 is 2.18 bits per heavy atom. The number of carbonyl (C=O) groups excluding carboxylic acids is 1. The number of benzene rings is 1. The highest BCUT2D eigenvalue weighted by atomic mass is 19.3. The van der Waals surface area contributed by atoms with Crippen molar-refractivity contribution < 1.29 is 28.2 Å². The molecular weight excluding hydrogens is 234 g/mol. The summed E-state index contributed by atoms with van der Waals surface area (Å²) < 4.78 is 28.6. The molecule has 0 heterocycles. The number of halogens is 2. The summed E-state index contributed by atoms with van der Waals surface area (Å²) in [5, 5.41) is 8.68. The number of carboxylic acid groups (broad SMARTS) is 1. The number of carboxylic acids is 1. The molecule has 1 aromatic carbocycles. The first-order valence-corrected chi connectivity index (χ1v) is 4.70. The molecule has 0 spiro atoms. The molecule has 6 heteroatoms. The average Bonchev–Trinajstić information content (AvgIpc) is 2.22. The molecule has 92 valence electrons. The molecule has 0 amide bonds. The molecule has 0 atom stereocenters. The minimum atomic E-state index is -3.11. The van der Waals surface area contributed by atoms with E-state index in [4.69, 9.17) is 5.11 Å². The highest BCUT2D eigenvalue weighted by Crippen LogP contribution is 2.28. The van der Waals surface area contributed by atoms with Crippen LogP contribution in [0.3, 0.4) is 0 Å². The normalized spacial score (nSPS) is 10.4. The number of carbonyl (C=O) groups is 2. The van der Waals surface area contributed by atoms with Crippen molar-refractivity contribution in [1.29, 1.82) is 0 Å². The highest BCUT2D eigenvalue weighted by Gasteiger charge is 2.18. The molecule has 0 aliphatic rings. The van der Waals surface area contributed by atoms with E-state index in [1.807, 2.05) is 0 Å². The van der Waals surface area contributed by atoms with Crippen molar-refractivity contribution in [1.82, 2.24) is 0 Å². The lowest BCUT2D eigenvalue weighted by atomic mass is 10.0. The molecule has 0 unspecified atom stereocenters. The van der Waals surface area contributed by atoms with Crippen LogP contribution in [0.15, 0.2) is 12.1 Å². The Labute approximate surface area is 95.8 Å². The lowest BCUT2D eigenvalue weighted by Gasteiger charge is -2.13. The number of hydrogen-bond donors (Lipinski definition) is 1. The first-order chi connectivity index (χ1) is 7.95. The summed E-state index contributed by atoms with van der Waals surface area (Å²) in [5.41, 5.74) is 0.475. The maximum Gasteiger partial charge on any atom is 0.387 e. The molecule has 1 aromatic rings. The van der Waals surface area contributed by atoms with Crippen LogP contribution in [0.5, 0.6) is 5.75 Å². The second-order valence-corrected chi connectivity index (χ2v) is 3.35. The lowest BCUT2D eigenvalue weighted by Crippen LogP contribution is -2.11. The fraction of sp³-hybridized carbons (Fsp3) is 0.273. The molecule has 0 saturated carbocycles. The summed E-state index contributed by atoms with van der Waals surface area (Å²) >= 11 is 0. The third-order valence-corrected chi connectivity index (χ3v) is 2.19. The van der Waals surface area contributed by atoms with E-state index < -0.39 is 19.0 Å². The lowest BCUT2D eigenvalue weighted by molar-refractivity contribution is -0.136. The van der Waals surface area contributed by atoms with Gasteiger partial charge in [-0.2, -0.15) is 8.78 Å². The van der Waals surface area contributed by atoms with E-state index in [0.29, 0.717) is 11.8 Å². The number of ether oxygens (including phenoxy) is 1. The SMILES string of the molecule is Cc1ccc(C=O)c(OC(F)F)c1CC(=O)O. The Morgan fingerprint density at radius 3 is 2.65 bits per heavy atom. The maximum absolute atomic E-state index is 12.2. The van der Waals surface area contributed by atoms with Crippen LogP contribution in [0.25, 0.3) is 0 Å². The monoisotopic (exact) mass is 244 g/mol. The quantitative estimate of drug-likeness (QED) is 0.805. The van der Waals surface area contributed by atoms with Crippen LogP contribution >= 0.6 is 0 Å². The van der Waals surface area contributed by atoms with Gasteiger partial charge in [-0.1, -0.05) is 6.07 Å². The van der Waals surface area contributed by atoms with Gasteiger partial charge in [-0.3, -0.25) is 9.59 Å². The minimum Gasteiger partial charge on any atom is -0.481 e. The van der Waals surface area contributed by atoms with Crippen LogP contribution in [0, 0.1) is 6.92 Å². The Kier molecular flexibility index (Phi) is 4.14. The van der Waals surface area contributed by atoms with Crippen LogP contribution in [0.4, 0.5) is 8.78 Å². The van der Waals surface area contributed by atoms with E-state index in [1.54, 1.807) is 6.92 Å². The van der Waals surface area contributed by atoms with Crippen LogP contribution in [0.2, 0.25) is 0 Å². The summed E-state index contributed by atoms with van der Waals surface area (Å²) in [7, 11) is 0. The molecule has 0 saturated heterocycles. The van der Waals surface area contributed by atoms with Crippen molar-refractivity contribution in [2.24, 2.45) is 0 Å². The molecular formula is C11H10F2O4. The summed E-state index contributed by atoms with van der Waals surface area (Å²) in [6.45, 7) is -1.55. The van der Waals surface area contributed by atoms with Gasteiger partial charge in [-0.05, 0) is 18.6 Å². The fourth-order valence-corrected chi connectivity index (χ4v) is 1.44. The molecule has 0 fully saturated rings. The number of alkyl halides is 2. The summed E-state index contributed by atoms with van der Waals surface area (Å²) in [4.78, 5) is 21.3. The molecule has 17 heavy (non-hydrogen) atoms. The largest absolute Gasteiger partial charge is 0.481 e. The van der Waals surface area contributed by atoms with Gasteiger partial charge in [-0.15, -0.1) is 0 Å². The Bertz CT molecular complexity index is 443. The number of aryl methyl sites for hydroxylation is 1. The molecule has 1 N–H and O–H groups in total. The van der Waals surface area contributed by atoms with Crippen molar-refractivity contribution in [2.45, 2.75) is 20.0 Å². The number of hydrogen-bond acceptors (Lipinski definition) is 3. The molecule has 0 aliphatic heterocycles. The average molecular weight is 244 g/mol. The Morgan fingerprint density at radius 1 is 1.53 bits per heavy atom. The van der Waals surface area contributed by atoms with Gasteiger partial charge in [0.05, 0.1) is 12.0 Å². The van der Waals surface area contributed by atoms with Crippen LogP contribution < -0.4 is 4.74 Å². The van der Waals surface area contributed by atoms with Crippen molar-refractivity contribution >= 4 is 12.3 Å². The fourth-order valence-electron chi connectivity index (χ4n) is 1.44. The van der Waals surface area contributed by atoms with E-state index in [2.05, 4.69) is 4.74 Å². The second kappa shape index (κ2) is 5.38. The molecule has 4 nitrogen and oxygen atoms in total. The van der Waals surface area contributed by atoms with Gasteiger partial charge >= 0.3 is 12.6 Å². The van der Waals surface area contributed by atoms with Gasteiger partial charge in [0, 0.05) is 5.56 Å². The topological polar surface area (TPSA) is 63.6 Å². The van der Waals surface area contributed by atoms with Gasteiger partial charge in [0.25, 0.3) is 0 Å². The zero-order chi connectivity index (χ0) is 13.0. The molecule has 0 aliphatic carbocycles. The number of rotatable bonds is 5. The predicted molar refractivity (Wildman–Crippen MR) is 54.5 cm³/mol. The highest BCUT2D eigenvalue weighted by molar-refractivity contribution is 5.82. The van der Waals surface area contributed by atoms with Gasteiger partial charge in [0.2, 0.25) is 0 Å². The zero-order valence-corrected chi connectivity index (χ0v) is 8.94. The van der Waals surface area contributed by atoms with Gasteiger partial charge < -0.3 is 9.84 Å². The smallest absolute Gasteiger partial charge is 0.387 e. The standard InChI is InChI=1S/C11H10F2O4/c1-6-2-3-7(5-14)10(17-11(12)13)8(6)4-9(15)16/h2-3,5,11H,4H2,1H3,(H,15,16). The van der Waals surface area contributed by atoms with Crippen molar-refractivity contribution in [3.63, 3.8) is 0 Å². The Hall–Kier alpha value is -1.98. The number of aliphatic carboxylic acids is 1. The van der Waals surface area contributed by atoms with Crippen molar-refractivity contribution in [3.8, 4) is 5.75 Å². The first-order valence-electron chi connectivity index (χ1n) is 4.70. The van der Waals surface area contributed by atoms with E-state index in [9.17, 15) is 18.4 Å². The van der Waals surface area contributed by atoms with Gasteiger partial charge in [0.1, 0.15) is 5.75 Å². The first kappa shape index (κ1) is 13.1. The summed E-state index contributed by atoms with van der Waals surface area (Å²) in [5.74, 6) is -1.55. The number of aldehydes is 1. The summed E-state index contributed by atoms with van der Waals surface area (Å²) in [6, 6.07) is 2.80. The molecule has 0 aromatic heterocycles. The van der Waals surface area contributed by atoms with Gasteiger partial charge in [-0.25, -0.2) is 0 Å². The van der Waals surface area contributed by atoms with E-state index in [0.717, 1.165) is 0 Å². The summed E-state index contributed by atoms with van der Waals surface area (Å²) in [6.07, 6.45) is -0.127. The van der Waals surface area contributed by atoms with E-state index in [1.165, 1.54) is 12.1 Å². The van der Waals surface area contributed by atoms with Crippen molar-refractivity contribution in [2.75, 3.05) is 0 Å². The van der Waals surface area contributed by atoms with Crippen molar-refractivity contribution in [3.05, 3.63) is 28.8 Å². The van der Waals surface area contributed by atoms with Gasteiger partial charge in [0.15, 0.2) is 6.29 Å². The molecule has 0 bridgehead atoms. The van der Waals surface area contributed by atoms with E-state index in [-0.39, 0.29) is 16.9 Å². The molecule has 0 radical (unpaired) electrons. The van der Waals surface area contributed by atoms with E-state index >= 15 is 0 Å². The van der Waals surface area contributed by atoms with Crippen LogP contribution in [-0.4, -0.2) is 24.0 Å². The maximum atomic E-state index is 12.2. The third kappa shape index (κ3) is 3.24. The zero-order valence-electron chi connectivity index (χ0n) is 8.94. The second-order valence-electron chi connectivity index (χ2n) is 3.35. The van der Waals surface area contributed by atoms with Crippen LogP contribution in [0.1, 0.15) is 21.5 Å². The Balaban J connectivity index is 3.30. The predicted octanol–water partition coefficient (Wildman–Crippen LogP) is 2.04.